The van der Waals surface area contributed by atoms with Crippen LogP contribution in [-0.4, -0.2) is 26.7 Å². The molecule has 0 saturated heterocycles. The Morgan fingerprint density at radius 2 is 1.84 bits per heavy atom. The molecule has 1 unspecified atom stereocenters. The quantitative estimate of drug-likeness (QED) is 0.857. The van der Waals surface area contributed by atoms with Crippen molar-refractivity contribution in [1.82, 2.24) is 0 Å². The van der Waals surface area contributed by atoms with Crippen LogP contribution in [0.2, 0.25) is 0 Å². The summed E-state index contributed by atoms with van der Waals surface area (Å²) in [7, 11) is 3.81. The van der Waals surface area contributed by atoms with E-state index in [1.54, 1.807) is 7.11 Å². The molecular formula is C16H28N2O. The Morgan fingerprint density at radius 3 is 2.26 bits per heavy atom. The number of hydrogen-bond acceptors (Lipinski definition) is 3. The van der Waals surface area contributed by atoms with Crippen LogP contribution in [0.25, 0.3) is 0 Å². The van der Waals surface area contributed by atoms with Crippen LogP contribution >= 0.6 is 0 Å². The summed E-state index contributed by atoms with van der Waals surface area (Å²) in [5.41, 5.74) is 8.36. The maximum absolute atomic E-state index is 5.92. The number of nitrogens with two attached hydrogens (primary N) is 1. The minimum atomic E-state index is 0.316. The molecule has 19 heavy (non-hydrogen) atoms. The van der Waals surface area contributed by atoms with Gasteiger partial charge in [0.1, 0.15) is 5.75 Å². The van der Waals surface area contributed by atoms with E-state index in [2.05, 4.69) is 57.8 Å². The zero-order valence-electron chi connectivity index (χ0n) is 13.1. The van der Waals surface area contributed by atoms with Crippen LogP contribution in [0.15, 0.2) is 18.2 Å². The maximum Gasteiger partial charge on any atom is 0.142 e. The van der Waals surface area contributed by atoms with Crippen molar-refractivity contribution in [3.05, 3.63) is 23.8 Å². The lowest BCUT2D eigenvalue weighted by Gasteiger charge is -2.33. The maximum atomic E-state index is 5.92. The molecule has 2 N–H and O–H groups in total. The van der Waals surface area contributed by atoms with Crippen molar-refractivity contribution in [2.45, 2.75) is 39.7 Å². The molecule has 1 atom stereocenters. The molecule has 1 aromatic rings. The molecule has 1 aromatic carbocycles. The second-order valence-corrected chi connectivity index (χ2v) is 5.74. The average Bonchev–Trinajstić information content (AvgIpc) is 2.38. The highest BCUT2D eigenvalue weighted by Crippen LogP contribution is 2.33. The van der Waals surface area contributed by atoms with Crippen LogP contribution in [0.4, 0.5) is 5.69 Å². The first-order valence-electron chi connectivity index (χ1n) is 7.03. The number of likely N-dealkylation sites (N-methyl/N-ethyl adjacent to an activating group) is 1. The van der Waals surface area contributed by atoms with Crippen LogP contribution in [-0.2, 0) is 0 Å². The summed E-state index contributed by atoms with van der Waals surface area (Å²) in [6.45, 7) is 9.45. The smallest absolute Gasteiger partial charge is 0.142 e. The fraction of sp³-hybridized carbons (Fsp3) is 0.625. The third-order valence-electron chi connectivity index (χ3n) is 3.76. The molecule has 108 valence electrons. The summed E-state index contributed by atoms with van der Waals surface area (Å²) in [6, 6.07) is 6.72. The van der Waals surface area contributed by atoms with Crippen LogP contribution < -0.4 is 15.4 Å². The van der Waals surface area contributed by atoms with E-state index in [4.69, 9.17) is 10.5 Å². The molecule has 0 radical (unpaired) electrons. The normalized spacial score (nSPS) is 12.9. The summed E-state index contributed by atoms with van der Waals surface area (Å²) in [6.07, 6.45) is 0. The summed E-state index contributed by atoms with van der Waals surface area (Å²) in [5.74, 6) is 1.92. The molecule has 0 heterocycles. The Balaban J connectivity index is 3.18. The van der Waals surface area contributed by atoms with Gasteiger partial charge in [0.25, 0.3) is 0 Å². The van der Waals surface area contributed by atoms with E-state index in [1.807, 2.05) is 0 Å². The minimum Gasteiger partial charge on any atom is -0.495 e. The predicted molar refractivity (Wildman–Crippen MR) is 83.2 cm³/mol. The van der Waals surface area contributed by atoms with Gasteiger partial charge in [0.05, 0.1) is 12.8 Å². The number of methoxy groups -OCH3 is 1. The van der Waals surface area contributed by atoms with Gasteiger partial charge in [-0.2, -0.15) is 0 Å². The summed E-state index contributed by atoms with van der Waals surface area (Å²) in [5, 5.41) is 0. The van der Waals surface area contributed by atoms with Crippen LogP contribution in [0, 0.1) is 5.92 Å². The standard InChI is InChI=1S/C16H28N2O/c1-11(2)13-7-8-16(19-6)14(9-13)18(5)15(10-17)12(3)4/h7-9,11-12,15H,10,17H2,1-6H3. The van der Waals surface area contributed by atoms with Gasteiger partial charge >= 0.3 is 0 Å². The van der Waals surface area contributed by atoms with E-state index in [0.717, 1.165) is 11.4 Å². The van der Waals surface area contributed by atoms with Gasteiger partial charge < -0.3 is 15.4 Å². The minimum absolute atomic E-state index is 0.316. The lowest BCUT2D eigenvalue weighted by Crippen LogP contribution is -2.42. The van der Waals surface area contributed by atoms with Crippen molar-refractivity contribution in [3.63, 3.8) is 0 Å². The lowest BCUT2D eigenvalue weighted by atomic mass is 9.99. The monoisotopic (exact) mass is 264 g/mol. The van der Waals surface area contributed by atoms with Gasteiger partial charge in [-0.1, -0.05) is 33.8 Å². The molecule has 0 saturated carbocycles. The third-order valence-corrected chi connectivity index (χ3v) is 3.76. The number of rotatable bonds is 6. The van der Waals surface area contributed by atoms with E-state index in [1.165, 1.54) is 5.56 Å². The van der Waals surface area contributed by atoms with Crippen molar-refractivity contribution in [3.8, 4) is 5.75 Å². The van der Waals surface area contributed by atoms with E-state index < -0.39 is 0 Å². The topological polar surface area (TPSA) is 38.5 Å². The molecule has 0 amide bonds. The number of ether oxygens (including phenoxy) is 1. The van der Waals surface area contributed by atoms with Gasteiger partial charge in [0.15, 0.2) is 0 Å². The molecule has 0 aliphatic carbocycles. The fourth-order valence-corrected chi connectivity index (χ4v) is 2.40. The Morgan fingerprint density at radius 1 is 1.21 bits per heavy atom. The Labute approximate surface area is 117 Å². The second kappa shape index (κ2) is 6.80. The molecule has 3 heteroatoms. The number of anilines is 1. The van der Waals surface area contributed by atoms with E-state index in [0.29, 0.717) is 24.4 Å². The zero-order chi connectivity index (χ0) is 14.6. The predicted octanol–water partition coefficient (Wildman–Crippen LogP) is 3.24. The Kier molecular flexibility index (Phi) is 5.67. The molecule has 0 spiro atoms. The highest BCUT2D eigenvalue weighted by Gasteiger charge is 2.20. The first-order valence-corrected chi connectivity index (χ1v) is 7.03. The third kappa shape index (κ3) is 3.63. The van der Waals surface area contributed by atoms with Gasteiger partial charge in [-0.05, 0) is 29.5 Å². The second-order valence-electron chi connectivity index (χ2n) is 5.74. The van der Waals surface area contributed by atoms with Crippen molar-refractivity contribution in [1.29, 1.82) is 0 Å². The van der Waals surface area contributed by atoms with Crippen LogP contribution in [0.1, 0.15) is 39.2 Å². The van der Waals surface area contributed by atoms with Crippen LogP contribution in [0.5, 0.6) is 5.75 Å². The molecule has 3 nitrogen and oxygen atoms in total. The Hall–Kier alpha value is -1.22. The van der Waals surface area contributed by atoms with E-state index >= 15 is 0 Å². The summed E-state index contributed by atoms with van der Waals surface area (Å²) >= 11 is 0. The fourth-order valence-electron chi connectivity index (χ4n) is 2.40. The average molecular weight is 264 g/mol. The largest absolute Gasteiger partial charge is 0.495 e. The molecule has 0 aromatic heterocycles. The number of hydrogen-bond donors (Lipinski definition) is 1. The van der Waals surface area contributed by atoms with Crippen molar-refractivity contribution < 1.29 is 4.74 Å². The summed E-state index contributed by atoms with van der Waals surface area (Å²) < 4.78 is 5.49. The first kappa shape index (κ1) is 15.8. The highest BCUT2D eigenvalue weighted by molar-refractivity contribution is 5.60. The van der Waals surface area contributed by atoms with Gasteiger partial charge in [-0.3, -0.25) is 0 Å². The zero-order valence-corrected chi connectivity index (χ0v) is 13.1. The molecule has 1 rings (SSSR count). The van der Waals surface area contributed by atoms with Gasteiger partial charge in [0.2, 0.25) is 0 Å². The van der Waals surface area contributed by atoms with Crippen LogP contribution in [0.3, 0.4) is 0 Å². The van der Waals surface area contributed by atoms with Crippen molar-refractivity contribution in [2.75, 3.05) is 25.6 Å². The lowest BCUT2D eigenvalue weighted by molar-refractivity contribution is 0.409. The van der Waals surface area contributed by atoms with Gasteiger partial charge in [-0.15, -0.1) is 0 Å². The van der Waals surface area contributed by atoms with E-state index in [-0.39, 0.29) is 0 Å². The molecular weight excluding hydrogens is 236 g/mol. The van der Waals surface area contributed by atoms with Gasteiger partial charge in [-0.25, -0.2) is 0 Å². The number of benzene rings is 1. The molecule has 0 aliphatic heterocycles. The first-order chi connectivity index (χ1) is 8.92. The van der Waals surface area contributed by atoms with Crippen molar-refractivity contribution >= 4 is 5.69 Å². The van der Waals surface area contributed by atoms with E-state index in [9.17, 15) is 0 Å². The SMILES string of the molecule is COc1ccc(C(C)C)cc1N(C)C(CN)C(C)C. The Bertz CT molecular complexity index is 402. The van der Waals surface area contributed by atoms with Crippen molar-refractivity contribution in [2.24, 2.45) is 11.7 Å². The number of nitrogens with zero attached hydrogens (tertiary/aromatic N) is 1. The highest BCUT2D eigenvalue weighted by atomic mass is 16.5. The summed E-state index contributed by atoms with van der Waals surface area (Å²) in [4.78, 5) is 2.25. The molecule has 0 bridgehead atoms. The molecule has 0 fully saturated rings. The van der Waals surface area contributed by atoms with Gasteiger partial charge in [0, 0.05) is 19.6 Å². The molecule has 0 aliphatic rings.